The first-order valence-electron chi connectivity index (χ1n) is 12.5. The largest absolute Gasteiger partial charge is 0.449 e. The van der Waals surface area contributed by atoms with Gasteiger partial charge < -0.3 is 15.4 Å². The highest BCUT2D eigenvalue weighted by Gasteiger charge is 2.39. The summed E-state index contributed by atoms with van der Waals surface area (Å²) >= 11 is 5.98. The van der Waals surface area contributed by atoms with Crippen LogP contribution >= 0.6 is 11.6 Å². The number of hydrogen-bond acceptors (Lipinski definition) is 5. The van der Waals surface area contributed by atoms with Crippen LogP contribution < -0.4 is 10.6 Å². The lowest BCUT2D eigenvalue weighted by atomic mass is 9.66. The number of H-pyrrole nitrogens is 1. The molecule has 2 aromatic carbocycles. The van der Waals surface area contributed by atoms with Crippen LogP contribution in [0.15, 0.2) is 42.5 Å². The smallest absolute Gasteiger partial charge is 0.407 e. The van der Waals surface area contributed by atoms with Gasteiger partial charge in [0.2, 0.25) is 5.78 Å². The van der Waals surface area contributed by atoms with Gasteiger partial charge in [-0.2, -0.15) is 5.10 Å². The monoisotopic (exact) mass is 528 g/mol. The van der Waals surface area contributed by atoms with E-state index in [0.717, 1.165) is 31.2 Å². The molecule has 3 aromatic rings. The van der Waals surface area contributed by atoms with Gasteiger partial charge in [0.25, 0.3) is 5.91 Å². The highest BCUT2D eigenvalue weighted by molar-refractivity contribution is 6.43. The lowest BCUT2D eigenvalue weighted by Gasteiger charge is -2.41. The van der Waals surface area contributed by atoms with Crippen LogP contribution in [-0.2, 0) is 20.7 Å². The van der Waals surface area contributed by atoms with Gasteiger partial charge in [-0.15, -0.1) is 0 Å². The molecular weight excluding hydrogens is 499 g/mol. The molecule has 1 heterocycles. The van der Waals surface area contributed by atoms with Gasteiger partial charge in [-0.1, -0.05) is 49.9 Å². The van der Waals surface area contributed by atoms with Crippen molar-refractivity contribution in [3.63, 3.8) is 0 Å². The highest BCUT2D eigenvalue weighted by atomic mass is 35.5. The molecule has 0 spiro atoms. The second-order valence-electron chi connectivity index (χ2n) is 9.65. The Hall–Kier alpha value is -3.46. The predicted molar refractivity (Wildman–Crippen MR) is 139 cm³/mol. The van der Waals surface area contributed by atoms with Crippen molar-refractivity contribution < 1.29 is 23.5 Å². The number of rotatable bonds is 11. The van der Waals surface area contributed by atoms with Gasteiger partial charge in [0.1, 0.15) is 11.9 Å². The third kappa shape index (κ3) is 6.65. The summed E-state index contributed by atoms with van der Waals surface area (Å²) in [4.78, 5) is 38.4. The summed E-state index contributed by atoms with van der Waals surface area (Å²) in [7, 11) is 0. The fourth-order valence-corrected chi connectivity index (χ4v) is 4.75. The van der Waals surface area contributed by atoms with Crippen LogP contribution in [0.1, 0.15) is 51.0 Å². The average molecular weight is 529 g/mol. The molecule has 1 saturated carbocycles. The standard InChI is InChI=1S/C27H30ClFN4O4/c1-2-3-5-21(23(34)25(35)31-24-20-11-8-18(28)14-22(20)32-33-24)30-26(36)37-16-27(12-4-13-27)15-17-6-9-19(29)10-7-17/h6-11,14,21H,2-5,12-13,15-16H2,1H3,(H,30,36)(H2,31,32,33,35)/t21-/m0/s1. The number of Topliss-reactive ketones (excluding diaryl/α,β-unsaturated/α-hetero) is 1. The first kappa shape index (κ1) is 26.6. The molecule has 37 heavy (non-hydrogen) atoms. The molecular formula is C27H30ClFN4O4. The molecule has 0 bridgehead atoms. The maximum Gasteiger partial charge on any atom is 0.407 e. The van der Waals surface area contributed by atoms with Crippen molar-refractivity contribution in [3.05, 3.63) is 58.9 Å². The number of nitrogens with one attached hydrogen (secondary N) is 3. The van der Waals surface area contributed by atoms with Gasteiger partial charge in [0, 0.05) is 15.8 Å². The summed E-state index contributed by atoms with van der Waals surface area (Å²) in [6.07, 6.45) is 4.46. The van der Waals surface area contributed by atoms with Gasteiger partial charge in [-0.05, 0) is 61.6 Å². The number of fused-ring (bicyclic) bond motifs is 1. The minimum Gasteiger partial charge on any atom is -0.449 e. The second kappa shape index (κ2) is 11.7. The zero-order chi connectivity index (χ0) is 26.4. The van der Waals surface area contributed by atoms with Crippen molar-refractivity contribution in [2.24, 2.45) is 5.41 Å². The molecule has 4 rings (SSSR count). The zero-order valence-corrected chi connectivity index (χ0v) is 21.4. The maximum atomic E-state index is 13.2. The molecule has 0 saturated heterocycles. The van der Waals surface area contributed by atoms with E-state index in [2.05, 4.69) is 20.8 Å². The number of ketones is 1. The summed E-state index contributed by atoms with van der Waals surface area (Å²) in [6.45, 7) is 2.13. The lowest BCUT2D eigenvalue weighted by Crippen LogP contribution is -2.47. The fourth-order valence-electron chi connectivity index (χ4n) is 4.58. The van der Waals surface area contributed by atoms with Crippen LogP contribution in [0.3, 0.4) is 0 Å². The minimum atomic E-state index is -1.03. The number of aromatic amines is 1. The molecule has 1 aliphatic rings. The van der Waals surface area contributed by atoms with E-state index in [1.165, 1.54) is 12.1 Å². The molecule has 3 N–H and O–H groups in total. The van der Waals surface area contributed by atoms with Crippen LogP contribution in [0.25, 0.3) is 10.9 Å². The van der Waals surface area contributed by atoms with Gasteiger partial charge in [-0.25, -0.2) is 9.18 Å². The van der Waals surface area contributed by atoms with E-state index in [1.54, 1.807) is 30.3 Å². The Morgan fingerprint density at radius 1 is 1.19 bits per heavy atom. The molecule has 10 heteroatoms. The molecule has 1 aliphatic carbocycles. The second-order valence-corrected chi connectivity index (χ2v) is 10.1. The van der Waals surface area contributed by atoms with Gasteiger partial charge in [0.05, 0.1) is 12.1 Å². The van der Waals surface area contributed by atoms with Gasteiger partial charge in [0.15, 0.2) is 5.82 Å². The van der Waals surface area contributed by atoms with Crippen LogP contribution in [0.4, 0.5) is 15.0 Å². The SMILES string of the molecule is CCCC[C@H](NC(=O)OCC1(Cc2ccc(F)cc2)CCC1)C(=O)C(=O)Nc1n[nH]c2cc(Cl)ccc12. The van der Waals surface area contributed by atoms with Crippen molar-refractivity contribution >= 4 is 46.1 Å². The summed E-state index contributed by atoms with van der Waals surface area (Å²) in [5.74, 6) is -1.75. The van der Waals surface area contributed by atoms with E-state index >= 15 is 0 Å². The third-order valence-electron chi connectivity index (χ3n) is 6.85. The molecule has 196 valence electrons. The number of nitrogens with zero attached hydrogens (tertiary/aromatic N) is 1. The number of carbonyl (C=O) groups excluding carboxylic acids is 3. The Balaban J connectivity index is 1.36. The molecule has 0 radical (unpaired) electrons. The summed E-state index contributed by atoms with van der Waals surface area (Å²) in [5, 5.41) is 13.0. The van der Waals surface area contributed by atoms with Crippen molar-refractivity contribution in [2.45, 2.75) is 57.9 Å². The number of ether oxygens (including phenoxy) is 1. The summed E-state index contributed by atoms with van der Waals surface area (Å²) in [5.41, 5.74) is 1.38. The molecule has 2 amide bonds. The van der Waals surface area contributed by atoms with Crippen molar-refractivity contribution in [1.29, 1.82) is 0 Å². The van der Waals surface area contributed by atoms with Gasteiger partial charge in [-0.3, -0.25) is 14.7 Å². The Bertz CT molecular complexity index is 1270. The zero-order valence-electron chi connectivity index (χ0n) is 20.6. The van der Waals surface area contributed by atoms with E-state index in [9.17, 15) is 18.8 Å². The normalized spacial score (nSPS) is 15.0. The summed E-state index contributed by atoms with van der Waals surface area (Å²) < 4.78 is 18.8. The highest BCUT2D eigenvalue weighted by Crippen LogP contribution is 2.44. The predicted octanol–water partition coefficient (Wildman–Crippen LogP) is 5.56. The topological polar surface area (TPSA) is 113 Å². The van der Waals surface area contributed by atoms with Crippen LogP contribution in [0.2, 0.25) is 5.02 Å². The maximum absolute atomic E-state index is 13.2. The number of alkyl carbamates (subject to hydrolysis) is 1. The number of aromatic nitrogens is 2. The van der Waals surface area contributed by atoms with E-state index in [0.29, 0.717) is 35.2 Å². The van der Waals surface area contributed by atoms with Gasteiger partial charge >= 0.3 is 6.09 Å². The van der Waals surface area contributed by atoms with Crippen LogP contribution in [0.5, 0.6) is 0 Å². The fraction of sp³-hybridized carbons (Fsp3) is 0.407. The molecule has 1 aromatic heterocycles. The number of unbranched alkanes of at least 4 members (excludes halogenated alkanes) is 1. The van der Waals surface area contributed by atoms with E-state index in [4.69, 9.17) is 16.3 Å². The molecule has 0 unspecified atom stereocenters. The molecule has 1 fully saturated rings. The number of amides is 2. The average Bonchev–Trinajstić information content (AvgIpc) is 3.25. The first-order chi connectivity index (χ1) is 17.8. The molecule has 8 nitrogen and oxygen atoms in total. The minimum absolute atomic E-state index is 0.179. The van der Waals surface area contributed by atoms with E-state index in [-0.39, 0.29) is 23.7 Å². The summed E-state index contributed by atoms with van der Waals surface area (Å²) in [6, 6.07) is 10.3. The van der Waals surface area contributed by atoms with Crippen molar-refractivity contribution in [1.82, 2.24) is 15.5 Å². The van der Waals surface area contributed by atoms with E-state index < -0.39 is 23.8 Å². The Labute approximate surface area is 219 Å². The Morgan fingerprint density at radius 2 is 1.95 bits per heavy atom. The quantitative estimate of drug-likeness (QED) is 0.282. The Kier molecular flexibility index (Phi) is 8.43. The third-order valence-corrected chi connectivity index (χ3v) is 7.09. The Morgan fingerprint density at radius 3 is 2.62 bits per heavy atom. The van der Waals surface area contributed by atoms with Crippen molar-refractivity contribution in [3.8, 4) is 0 Å². The number of hydrogen-bond donors (Lipinski definition) is 3. The van der Waals surface area contributed by atoms with Crippen LogP contribution in [0, 0.1) is 11.2 Å². The molecule has 0 aliphatic heterocycles. The lowest BCUT2D eigenvalue weighted by molar-refractivity contribution is -0.136. The first-order valence-corrected chi connectivity index (χ1v) is 12.8. The van der Waals surface area contributed by atoms with E-state index in [1.807, 2.05) is 6.92 Å². The van der Waals surface area contributed by atoms with Crippen LogP contribution in [-0.4, -0.2) is 40.6 Å². The van der Waals surface area contributed by atoms with Crippen molar-refractivity contribution in [2.75, 3.05) is 11.9 Å². The number of halogens is 2. The molecule has 1 atom stereocenters. The number of benzene rings is 2. The number of carbonyl (C=O) groups is 3. The number of anilines is 1.